The van der Waals surface area contributed by atoms with Crippen LogP contribution >= 0.6 is 22.7 Å². The number of aromatic nitrogens is 2. The molecular formula is C18H18N2O3S2. The molecule has 0 aliphatic heterocycles. The summed E-state index contributed by atoms with van der Waals surface area (Å²) in [7, 11) is 0. The van der Waals surface area contributed by atoms with Crippen LogP contribution in [0.25, 0.3) is 10.2 Å². The SMILES string of the molecule is C[C@@H]1CCc2c(sc3nc([C@H](C)OC(=O)c4cccs4)[nH]c(=O)c23)C1. The summed E-state index contributed by atoms with van der Waals surface area (Å²) in [6.45, 7) is 3.97. The third-order valence-corrected chi connectivity index (χ3v) is 6.57. The Morgan fingerprint density at radius 1 is 1.48 bits per heavy atom. The Balaban J connectivity index is 1.67. The van der Waals surface area contributed by atoms with E-state index < -0.39 is 12.1 Å². The highest BCUT2D eigenvalue weighted by Gasteiger charge is 2.24. The molecule has 3 aromatic rings. The molecule has 4 rings (SSSR count). The van der Waals surface area contributed by atoms with E-state index in [9.17, 15) is 9.59 Å². The highest BCUT2D eigenvalue weighted by Crippen LogP contribution is 2.36. The number of nitrogens with one attached hydrogen (secondary N) is 1. The zero-order chi connectivity index (χ0) is 17.6. The number of carbonyl (C=O) groups excluding carboxylic acids is 1. The van der Waals surface area contributed by atoms with E-state index in [-0.39, 0.29) is 5.56 Å². The van der Waals surface area contributed by atoms with Gasteiger partial charge in [0, 0.05) is 4.88 Å². The van der Waals surface area contributed by atoms with E-state index >= 15 is 0 Å². The van der Waals surface area contributed by atoms with Crippen LogP contribution in [0, 0.1) is 5.92 Å². The molecule has 1 aliphatic rings. The number of rotatable bonds is 3. The van der Waals surface area contributed by atoms with Crippen molar-refractivity contribution in [2.45, 2.75) is 39.2 Å². The summed E-state index contributed by atoms with van der Waals surface area (Å²) in [4.78, 5) is 34.7. The molecule has 7 heteroatoms. The van der Waals surface area contributed by atoms with Crippen molar-refractivity contribution in [3.05, 3.63) is 49.0 Å². The van der Waals surface area contributed by atoms with Gasteiger partial charge in [0.2, 0.25) is 0 Å². The van der Waals surface area contributed by atoms with Gasteiger partial charge >= 0.3 is 5.97 Å². The quantitative estimate of drug-likeness (QED) is 0.701. The molecule has 5 nitrogen and oxygen atoms in total. The Morgan fingerprint density at radius 3 is 3.08 bits per heavy atom. The van der Waals surface area contributed by atoms with Crippen LogP contribution in [0.1, 0.15) is 52.3 Å². The first kappa shape index (κ1) is 16.5. The van der Waals surface area contributed by atoms with E-state index in [0.717, 1.165) is 29.7 Å². The number of hydrogen-bond acceptors (Lipinski definition) is 6. The van der Waals surface area contributed by atoms with Gasteiger partial charge in [0.15, 0.2) is 11.9 Å². The van der Waals surface area contributed by atoms with Crippen LogP contribution in [-0.2, 0) is 17.6 Å². The number of nitrogens with zero attached hydrogens (tertiary/aromatic N) is 1. The fourth-order valence-electron chi connectivity index (χ4n) is 3.23. The van der Waals surface area contributed by atoms with Crippen LogP contribution in [0.4, 0.5) is 0 Å². The standard InChI is InChI=1S/C18H18N2O3S2/c1-9-5-6-11-13(8-9)25-17-14(11)16(21)19-15(20-17)10(2)23-18(22)12-4-3-7-24-12/h3-4,7,9-10H,5-6,8H2,1-2H3,(H,19,20,21)/t9-,10+/m1/s1. The van der Waals surface area contributed by atoms with E-state index in [4.69, 9.17) is 4.74 Å². The number of hydrogen-bond donors (Lipinski definition) is 1. The van der Waals surface area contributed by atoms with Gasteiger partial charge in [-0.3, -0.25) is 4.79 Å². The Bertz CT molecular complexity index is 988. The van der Waals surface area contributed by atoms with Crippen molar-refractivity contribution in [3.8, 4) is 0 Å². The fraction of sp³-hybridized carbons (Fsp3) is 0.389. The molecule has 3 aromatic heterocycles. The molecule has 25 heavy (non-hydrogen) atoms. The van der Waals surface area contributed by atoms with Crippen molar-refractivity contribution >= 4 is 38.9 Å². The van der Waals surface area contributed by atoms with Crippen molar-refractivity contribution < 1.29 is 9.53 Å². The molecule has 0 unspecified atom stereocenters. The molecule has 0 amide bonds. The smallest absolute Gasteiger partial charge is 0.349 e. The Hall–Kier alpha value is -1.99. The van der Waals surface area contributed by atoms with Gasteiger partial charge in [0.25, 0.3) is 5.56 Å². The monoisotopic (exact) mass is 374 g/mol. The number of thiophene rings is 2. The number of esters is 1. The number of ether oxygens (including phenoxy) is 1. The maximum atomic E-state index is 12.6. The molecule has 3 heterocycles. The summed E-state index contributed by atoms with van der Waals surface area (Å²) in [5.74, 6) is 0.642. The molecule has 130 valence electrons. The maximum Gasteiger partial charge on any atom is 0.349 e. The molecule has 0 radical (unpaired) electrons. The second-order valence-electron chi connectivity index (χ2n) is 6.51. The summed E-state index contributed by atoms with van der Waals surface area (Å²) >= 11 is 2.92. The molecule has 0 aromatic carbocycles. The normalized spacial score (nSPS) is 18.1. The predicted molar refractivity (Wildman–Crippen MR) is 99.6 cm³/mol. The van der Waals surface area contributed by atoms with Crippen LogP contribution in [-0.4, -0.2) is 15.9 Å². The van der Waals surface area contributed by atoms with Gasteiger partial charge in [0.1, 0.15) is 9.71 Å². The van der Waals surface area contributed by atoms with Gasteiger partial charge in [0.05, 0.1) is 5.39 Å². The lowest BCUT2D eigenvalue weighted by atomic mass is 9.89. The highest BCUT2D eigenvalue weighted by atomic mass is 32.1. The van der Waals surface area contributed by atoms with Crippen LogP contribution < -0.4 is 5.56 Å². The summed E-state index contributed by atoms with van der Waals surface area (Å²) in [6, 6.07) is 3.52. The van der Waals surface area contributed by atoms with Gasteiger partial charge in [-0.15, -0.1) is 22.7 Å². The van der Waals surface area contributed by atoms with Crippen LogP contribution in [0.15, 0.2) is 22.3 Å². The lowest BCUT2D eigenvalue weighted by molar-refractivity contribution is 0.0326. The number of H-pyrrole nitrogens is 1. The van der Waals surface area contributed by atoms with Crippen LogP contribution in [0.2, 0.25) is 0 Å². The molecule has 0 fully saturated rings. The van der Waals surface area contributed by atoms with Gasteiger partial charge in [-0.25, -0.2) is 9.78 Å². The second-order valence-corrected chi connectivity index (χ2v) is 8.54. The summed E-state index contributed by atoms with van der Waals surface area (Å²) < 4.78 is 5.45. The average Bonchev–Trinajstić information content (AvgIpc) is 3.21. The Morgan fingerprint density at radius 2 is 2.32 bits per heavy atom. The van der Waals surface area contributed by atoms with Gasteiger partial charge < -0.3 is 9.72 Å². The lowest BCUT2D eigenvalue weighted by Gasteiger charge is -2.17. The minimum atomic E-state index is -0.607. The van der Waals surface area contributed by atoms with Crippen molar-refractivity contribution in [3.63, 3.8) is 0 Å². The van der Waals surface area contributed by atoms with Crippen molar-refractivity contribution in [1.29, 1.82) is 0 Å². The van der Waals surface area contributed by atoms with E-state index in [2.05, 4.69) is 16.9 Å². The summed E-state index contributed by atoms with van der Waals surface area (Å²) in [5.41, 5.74) is 1.02. The number of carbonyl (C=O) groups is 1. The molecule has 2 atom stereocenters. The highest BCUT2D eigenvalue weighted by molar-refractivity contribution is 7.18. The molecule has 0 bridgehead atoms. The predicted octanol–water partition coefficient (Wildman–Crippen LogP) is 4.09. The number of aromatic amines is 1. The van der Waals surface area contributed by atoms with E-state index in [1.807, 2.05) is 5.38 Å². The minimum absolute atomic E-state index is 0.133. The number of fused-ring (bicyclic) bond motifs is 3. The van der Waals surface area contributed by atoms with E-state index in [1.165, 1.54) is 16.2 Å². The zero-order valence-electron chi connectivity index (χ0n) is 14.0. The topological polar surface area (TPSA) is 72.0 Å². The van der Waals surface area contributed by atoms with Crippen molar-refractivity contribution in [2.24, 2.45) is 5.92 Å². The molecule has 0 saturated heterocycles. The second kappa shape index (κ2) is 6.38. The largest absolute Gasteiger partial charge is 0.450 e. The van der Waals surface area contributed by atoms with Gasteiger partial charge in [-0.2, -0.15) is 0 Å². The summed E-state index contributed by atoms with van der Waals surface area (Å²) in [5, 5.41) is 2.54. The minimum Gasteiger partial charge on any atom is -0.450 e. The molecule has 0 saturated carbocycles. The average molecular weight is 374 g/mol. The lowest BCUT2D eigenvalue weighted by Crippen LogP contribution is -2.18. The van der Waals surface area contributed by atoms with Gasteiger partial charge in [-0.05, 0) is 49.1 Å². The van der Waals surface area contributed by atoms with Gasteiger partial charge in [-0.1, -0.05) is 13.0 Å². The maximum absolute atomic E-state index is 12.6. The van der Waals surface area contributed by atoms with Crippen LogP contribution in [0.5, 0.6) is 0 Å². The first-order valence-electron chi connectivity index (χ1n) is 8.32. The number of aryl methyl sites for hydroxylation is 1. The molecular weight excluding hydrogens is 356 g/mol. The fourth-order valence-corrected chi connectivity index (χ4v) is 5.22. The van der Waals surface area contributed by atoms with Crippen LogP contribution in [0.3, 0.4) is 0 Å². The van der Waals surface area contributed by atoms with Crippen molar-refractivity contribution in [1.82, 2.24) is 9.97 Å². The first-order chi connectivity index (χ1) is 12.0. The van der Waals surface area contributed by atoms with E-state index in [0.29, 0.717) is 22.0 Å². The third-order valence-electron chi connectivity index (χ3n) is 4.58. The Labute approximate surface area is 152 Å². The molecule has 1 N–H and O–H groups in total. The first-order valence-corrected chi connectivity index (χ1v) is 10.0. The summed E-state index contributed by atoms with van der Waals surface area (Å²) in [6.07, 6.45) is 2.44. The molecule has 1 aliphatic carbocycles. The van der Waals surface area contributed by atoms with E-state index in [1.54, 1.807) is 30.4 Å². The van der Waals surface area contributed by atoms with Crippen molar-refractivity contribution in [2.75, 3.05) is 0 Å². The third kappa shape index (κ3) is 3.02. The molecule has 0 spiro atoms. The zero-order valence-corrected chi connectivity index (χ0v) is 15.6. The Kier molecular flexibility index (Phi) is 4.21.